The summed E-state index contributed by atoms with van der Waals surface area (Å²) in [7, 11) is 0. The highest BCUT2D eigenvalue weighted by Crippen LogP contribution is 2.23. The molecule has 2 rings (SSSR count). The first kappa shape index (κ1) is 13.8. The Bertz CT molecular complexity index is 578. The summed E-state index contributed by atoms with van der Waals surface area (Å²) in [5.74, 6) is 2.29. The quantitative estimate of drug-likeness (QED) is 0.616. The van der Waals surface area contributed by atoms with Crippen LogP contribution in [-0.4, -0.2) is 15.9 Å². The third-order valence-electron chi connectivity index (χ3n) is 2.60. The monoisotopic (exact) mass is 276 g/mol. The van der Waals surface area contributed by atoms with E-state index in [1.807, 2.05) is 38.1 Å². The van der Waals surface area contributed by atoms with E-state index in [-0.39, 0.29) is 11.7 Å². The van der Waals surface area contributed by atoms with Crippen LogP contribution in [0.1, 0.15) is 48.8 Å². The Balaban J connectivity index is 2.01. The molecule has 0 atom stereocenters. The number of nitrogens with zero attached hydrogens (tertiary/aromatic N) is 2. The molecule has 0 radical (unpaired) electrons. The Labute approximate surface area is 116 Å². The van der Waals surface area contributed by atoms with Crippen LogP contribution >= 0.6 is 11.8 Å². The van der Waals surface area contributed by atoms with Gasteiger partial charge >= 0.3 is 0 Å². The van der Waals surface area contributed by atoms with E-state index in [9.17, 15) is 4.79 Å². The second-order valence-corrected chi connectivity index (χ2v) is 5.62. The van der Waals surface area contributed by atoms with Crippen molar-refractivity contribution >= 4 is 17.5 Å². The third kappa shape index (κ3) is 3.67. The molecule has 0 spiro atoms. The molecule has 19 heavy (non-hydrogen) atoms. The number of rotatable bonds is 5. The summed E-state index contributed by atoms with van der Waals surface area (Å²) in [5, 5.41) is 3.92. The number of aromatic nitrogens is 2. The highest BCUT2D eigenvalue weighted by molar-refractivity contribution is 7.98. The van der Waals surface area contributed by atoms with Crippen LogP contribution in [0.4, 0.5) is 0 Å². The topological polar surface area (TPSA) is 56.0 Å². The van der Waals surface area contributed by atoms with Gasteiger partial charge in [0.15, 0.2) is 11.6 Å². The molecule has 0 N–H and O–H groups in total. The molecule has 0 unspecified atom stereocenters. The lowest BCUT2D eigenvalue weighted by atomic mass is 10.2. The molecule has 0 aliphatic carbocycles. The van der Waals surface area contributed by atoms with E-state index in [4.69, 9.17) is 4.52 Å². The molecular weight excluding hydrogens is 260 g/mol. The van der Waals surface area contributed by atoms with Gasteiger partial charge in [0.1, 0.15) is 0 Å². The fraction of sp³-hybridized carbons (Fsp3) is 0.357. The third-order valence-corrected chi connectivity index (χ3v) is 3.58. The SMILES string of the molecule is CC(=O)c1cccc(SCc2nc(C(C)C)no2)c1. The predicted octanol–water partition coefficient (Wildman–Crippen LogP) is 3.69. The largest absolute Gasteiger partial charge is 0.338 e. The molecular formula is C14H16N2O2S. The van der Waals surface area contributed by atoms with Gasteiger partial charge in [0.2, 0.25) is 5.89 Å². The number of thioether (sulfide) groups is 1. The molecule has 0 amide bonds. The summed E-state index contributed by atoms with van der Waals surface area (Å²) in [4.78, 5) is 16.6. The maximum Gasteiger partial charge on any atom is 0.237 e. The molecule has 2 aromatic rings. The summed E-state index contributed by atoms with van der Waals surface area (Å²) >= 11 is 1.58. The van der Waals surface area contributed by atoms with E-state index in [0.29, 0.717) is 11.6 Å². The van der Waals surface area contributed by atoms with Crippen LogP contribution < -0.4 is 0 Å². The first-order chi connectivity index (χ1) is 9.06. The van der Waals surface area contributed by atoms with Crippen LogP contribution in [0.2, 0.25) is 0 Å². The lowest BCUT2D eigenvalue weighted by Gasteiger charge is -2.00. The van der Waals surface area contributed by atoms with E-state index in [2.05, 4.69) is 10.1 Å². The van der Waals surface area contributed by atoms with Crippen molar-refractivity contribution in [2.45, 2.75) is 37.3 Å². The van der Waals surface area contributed by atoms with Gasteiger partial charge < -0.3 is 4.52 Å². The maximum atomic E-state index is 11.3. The summed E-state index contributed by atoms with van der Waals surface area (Å²) in [6.45, 7) is 5.62. The van der Waals surface area contributed by atoms with E-state index in [0.717, 1.165) is 16.3 Å². The first-order valence-electron chi connectivity index (χ1n) is 6.12. The Morgan fingerprint density at radius 3 is 2.84 bits per heavy atom. The lowest BCUT2D eigenvalue weighted by molar-refractivity contribution is 0.101. The van der Waals surface area contributed by atoms with Crippen molar-refractivity contribution in [1.29, 1.82) is 0 Å². The molecule has 0 saturated heterocycles. The van der Waals surface area contributed by atoms with Gasteiger partial charge in [-0.2, -0.15) is 4.98 Å². The summed E-state index contributed by atoms with van der Waals surface area (Å²) in [6, 6.07) is 7.55. The average molecular weight is 276 g/mol. The smallest absolute Gasteiger partial charge is 0.237 e. The zero-order valence-electron chi connectivity index (χ0n) is 11.2. The second-order valence-electron chi connectivity index (χ2n) is 4.57. The highest BCUT2D eigenvalue weighted by atomic mass is 32.2. The van der Waals surface area contributed by atoms with Crippen LogP contribution in [-0.2, 0) is 5.75 Å². The van der Waals surface area contributed by atoms with Gasteiger partial charge in [-0.15, -0.1) is 11.8 Å². The number of benzene rings is 1. The standard InChI is InChI=1S/C14H16N2O2S/c1-9(2)14-15-13(18-16-14)8-19-12-6-4-5-11(7-12)10(3)17/h4-7,9H,8H2,1-3H3. The van der Waals surface area contributed by atoms with Crippen LogP contribution in [0.3, 0.4) is 0 Å². The van der Waals surface area contributed by atoms with Crippen LogP contribution in [0.5, 0.6) is 0 Å². The van der Waals surface area contributed by atoms with Crippen molar-refractivity contribution in [2.75, 3.05) is 0 Å². The van der Waals surface area contributed by atoms with Crippen molar-refractivity contribution in [3.8, 4) is 0 Å². The number of carbonyl (C=O) groups excluding carboxylic acids is 1. The molecule has 0 bridgehead atoms. The molecule has 1 heterocycles. The zero-order chi connectivity index (χ0) is 13.8. The van der Waals surface area contributed by atoms with Crippen LogP contribution in [0, 0.1) is 0 Å². The number of hydrogen-bond donors (Lipinski definition) is 0. The Hall–Kier alpha value is -1.62. The van der Waals surface area contributed by atoms with Crippen molar-refractivity contribution in [3.63, 3.8) is 0 Å². The van der Waals surface area contributed by atoms with Gasteiger partial charge in [-0.3, -0.25) is 4.79 Å². The molecule has 0 aliphatic rings. The van der Waals surface area contributed by atoms with Gasteiger partial charge in [-0.1, -0.05) is 31.1 Å². The van der Waals surface area contributed by atoms with Gasteiger partial charge in [0.25, 0.3) is 0 Å². The fourth-order valence-corrected chi connectivity index (χ4v) is 2.30. The Morgan fingerprint density at radius 2 is 2.21 bits per heavy atom. The normalized spacial score (nSPS) is 10.9. The molecule has 0 fully saturated rings. The van der Waals surface area contributed by atoms with Crippen molar-refractivity contribution in [1.82, 2.24) is 10.1 Å². The van der Waals surface area contributed by atoms with Gasteiger partial charge in [-0.25, -0.2) is 0 Å². The Morgan fingerprint density at radius 1 is 1.42 bits per heavy atom. The first-order valence-corrected chi connectivity index (χ1v) is 7.11. The van der Waals surface area contributed by atoms with Crippen molar-refractivity contribution < 1.29 is 9.32 Å². The number of carbonyl (C=O) groups is 1. The minimum atomic E-state index is 0.0716. The lowest BCUT2D eigenvalue weighted by Crippen LogP contribution is -1.92. The highest BCUT2D eigenvalue weighted by Gasteiger charge is 2.10. The van der Waals surface area contributed by atoms with Gasteiger partial charge in [0, 0.05) is 16.4 Å². The minimum Gasteiger partial charge on any atom is -0.338 e. The van der Waals surface area contributed by atoms with Crippen molar-refractivity contribution in [2.24, 2.45) is 0 Å². The van der Waals surface area contributed by atoms with E-state index in [1.165, 1.54) is 0 Å². The summed E-state index contributed by atoms with van der Waals surface area (Å²) < 4.78 is 5.18. The molecule has 5 heteroatoms. The van der Waals surface area contributed by atoms with Crippen LogP contribution in [0.25, 0.3) is 0 Å². The maximum absolute atomic E-state index is 11.3. The number of hydrogen-bond acceptors (Lipinski definition) is 5. The van der Waals surface area contributed by atoms with Crippen molar-refractivity contribution in [3.05, 3.63) is 41.5 Å². The van der Waals surface area contributed by atoms with E-state index < -0.39 is 0 Å². The zero-order valence-corrected chi connectivity index (χ0v) is 12.0. The predicted molar refractivity (Wildman–Crippen MR) is 74.4 cm³/mol. The van der Waals surface area contributed by atoms with E-state index in [1.54, 1.807) is 18.7 Å². The fourth-order valence-electron chi connectivity index (χ4n) is 1.51. The Kier molecular flexibility index (Phi) is 4.37. The molecule has 100 valence electrons. The van der Waals surface area contributed by atoms with Gasteiger partial charge in [0.05, 0.1) is 5.75 Å². The summed E-state index contributed by atoms with van der Waals surface area (Å²) in [5.41, 5.74) is 0.721. The second kappa shape index (κ2) is 6.02. The molecule has 4 nitrogen and oxygen atoms in total. The van der Waals surface area contributed by atoms with Crippen LogP contribution in [0.15, 0.2) is 33.7 Å². The minimum absolute atomic E-state index is 0.0716. The molecule has 1 aromatic heterocycles. The molecule has 0 aliphatic heterocycles. The van der Waals surface area contributed by atoms with Gasteiger partial charge in [-0.05, 0) is 19.1 Å². The molecule has 1 aromatic carbocycles. The number of ketones is 1. The van der Waals surface area contributed by atoms with E-state index >= 15 is 0 Å². The number of Topliss-reactive ketones (excluding diaryl/α,β-unsaturated/α-hetero) is 1. The summed E-state index contributed by atoms with van der Waals surface area (Å²) in [6.07, 6.45) is 0. The average Bonchev–Trinajstić information content (AvgIpc) is 2.85. The molecule has 0 saturated carbocycles.